The van der Waals surface area contributed by atoms with Crippen LogP contribution < -0.4 is 5.32 Å². The molecule has 0 amide bonds. The quantitative estimate of drug-likeness (QED) is 0.737. The Morgan fingerprint density at radius 2 is 1.86 bits per heavy atom. The predicted octanol–water partition coefficient (Wildman–Crippen LogP) is 0.892. The van der Waals surface area contributed by atoms with Crippen LogP contribution in [0.2, 0.25) is 0 Å². The molecule has 0 aromatic heterocycles. The second-order valence-electron chi connectivity index (χ2n) is 3.03. The number of hydrogen-bond acceptors (Lipinski definition) is 3. The van der Waals surface area contributed by atoms with Crippen molar-refractivity contribution < 1.29 is 10.2 Å². The van der Waals surface area contributed by atoms with Gasteiger partial charge in [0.1, 0.15) is 0 Å². The van der Waals surface area contributed by atoms with Gasteiger partial charge in [0.25, 0.3) is 0 Å². The minimum absolute atomic E-state index is 0.0546. The van der Waals surface area contributed by atoms with Crippen molar-refractivity contribution >= 4 is 15.9 Å². The van der Waals surface area contributed by atoms with Gasteiger partial charge in [-0.05, 0) is 11.6 Å². The monoisotopic (exact) mass is 259 g/mol. The Morgan fingerprint density at radius 1 is 1.21 bits per heavy atom. The molecule has 0 atom stereocenters. The lowest BCUT2D eigenvalue weighted by atomic mass is 10.2. The summed E-state index contributed by atoms with van der Waals surface area (Å²) in [5.74, 6) is 0. The van der Waals surface area contributed by atoms with Crippen molar-refractivity contribution in [2.75, 3.05) is 13.2 Å². The molecule has 4 heteroatoms. The van der Waals surface area contributed by atoms with Gasteiger partial charge in [-0.1, -0.05) is 34.1 Å². The summed E-state index contributed by atoms with van der Waals surface area (Å²) in [6.45, 7) is 0.523. The molecule has 0 aliphatic carbocycles. The van der Waals surface area contributed by atoms with Crippen LogP contribution in [0.4, 0.5) is 0 Å². The van der Waals surface area contributed by atoms with Crippen molar-refractivity contribution in [1.82, 2.24) is 5.32 Å². The molecule has 3 nitrogen and oxygen atoms in total. The molecular formula is C10H14BrNO2. The maximum atomic E-state index is 8.84. The van der Waals surface area contributed by atoms with Crippen molar-refractivity contribution in [3.8, 4) is 0 Å². The number of nitrogens with one attached hydrogen (secondary N) is 1. The van der Waals surface area contributed by atoms with Crippen LogP contribution in [0.3, 0.4) is 0 Å². The number of rotatable bonds is 5. The third-order valence-electron chi connectivity index (χ3n) is 1.98. The summed E-state index contributed by atoms with van der Waals surface area (Å²) in [6, 6.07) is 7.60. The van der Waals surface area contributed by atoms with Crippen LogP contribution in [0.5, 0.6) is 0 Å². The third-order valence-corrected chi connectivity index (χ3v) is 2.75. The van der Waals surface area contributed by atoms with Crippen molar-refractivity contribution in [1.29, 1.82) is 0 Å². The molecule has 0 saturated heterocycles. The Bertz CT molecular complexity index is 277. The first-order valence-corrected chi connectivity index (χ1v) is 5.25. The topological polar surface area (TPSA) is 52.5 Å². The Labute approximate surface area is 91.9 Å². The molecule has 0 saturated carbocycles. The molecule has 1 aromatic rings. The highest BCUT2D eigenvalue weighted by Crippen LogP contribution is 2.15. The standard InChI is InChI=1S/C10H14BrNO2/c11-10-4-2-1-3-8(10)5-12-9(6-13)7-14/h1-4,9,12-14H,5-7H2. The summed E-state index contributed by atoms with van der Waals surface area (Å²) in [5.41, 5.74) is 1.11. The summed E-state index contributed by atoms with van der Waals surface area (Å²) < 4.78 is 1.03. The van der Waals surface area contributed by atoms with E-state index in [4.69, 9.17) is 10.2 Å². The first kappa shape index (κ1) is 11.7. The lowest BCUT2D eigenvalue weighted by Gasteiger charge is -2.13. The minimum atomic E-state index is -0.248. The van der Waals surface area contributed by atoms with E-state index in [1.54, 1.807) is 0 Å². The Kier molecular flexibility index (Phi) is 5.11. The van der Waals surface area contributed by atoms with E-state index < -0.39 is 0 Å². The highest BCUT2D eigenvalue weighted by molar-refractivity contribution is 9.10. The van der Waals surface area contributed by atoms with Gasteiger partial charge >= 0.3 is 0 Å². The molecule has 14 heavy (non-hydrogen) atoms. The minimum Gasteiger partial charge on any atom is -0.395 e. The van der Waals surface area contributed by atoms with Crippen LogP contribution in [-0.2, 0) is 6.54 Å². The molecule has 0 bridgehead atoms. The molecule has 0 unspecified atom stereocenters. The van der Waals surface area contributed by atoms with Crippen molar-refractivity contribution in [2.24, 2.45) is 0 Å². The van der Waals surface area contributed by atoms with E-state index in [2.05, 4.69) is 21.2 Å². The van der Waals surface area contributed by atoms with Crippen molar-refractivity contribution in [3.63, 3.8) is 0 Å². The second-order valence-corrected chi connectivity index (χ2v) is 3.89. The van der Waals surface area contributed by atoms with Crippen LogP contribution in [-0.4, -0.2) is 29.5 Å². The average Bonchev–Trinajstić information content (AvgIpc) is 2.22. The van der Waals surface area contributed by atoms with E-state index in [0.717, 1.165) is 10.0 Å². The van der Waals surface area contributed by atoms with Crippen LogP contribution in [0, 0.1) is 0 Å². The molecule has 0 aliphatic heterocycles. The van der Waals surface area contributed by atoms with Gasteiger partial charge in [-0.3, -0.25) is 0 Å². The van der Waals surface area contributed by atoms with Crippen molar-refractivity contribution in [2.45, 2.75) is 12.6 Å². The maximum absolute atomic E-state index is 8.84. The van der Waals surface area contributed by atoms with E-state index in [9.17, 15) is 0 Å². The molecule has 0 heterocycles. The smallest absolute Gasteiger partial charge is 0.0607 e. The number of aliphatic hydroxyl groups excluding tert-OH is 2. The van der Waals surface area contributed by atoms with E-state index in [-0.39, 0.29) is 19.3 Å². The molecular weight excluding hydrogens is 246 g/mol. The van der Waals surface area contributed by atoms with Gasteiger partial charge in [-0.15, -0.1) is 0 Å². The Morgan fingerprint density at radius 3 is 2.43 bits per heavy atom. The van der Waals surface area contributed by atoms with Gasteiger partial charge < -0.3 is 15.5 Å². The zero-order valence-electron chi connectivity index (χ0n) is 7.78. The zero-order chi connectivity index (χ0) is 10.4. The maximum Gasteiger partial charge on any atom is 0.0607 e. The second kappa shape index (κ2) is 6.14. The number of benzene rings is 1. The van der Waals surface area contributed by atoms with Gasteiger partial charge in [0.05, 0.1) is 19.3 Å². The lowest BCUT2D eigenvalue weighted by molar-refractivity contribution is 0.170. The van der Waals surface area contributed by atoms with Crippen molar-refractivity contribution in [3.05, 3.63) is 34.3 Å². The predicted molar refractivity (Wildman–Crippen MR) is 58.9 cm³/mol. The number of halogens is 1. The number of aliphatic hydroxyl groups is 2. The highest BCUT2D eigenvalue weighted by atomic mass is 79.9. The Balaban J connectivity index is 2.49. The van der Waals surface area contributed by atoms with Crippen LogP contribution >= 0.6 is 15.9 Å². The molecule has 3 N–H and O–H groups in total. The van der Waals surface area contributed by atoms with Crippen LogP contribution in [0.1, 0.15) is 5.56 Å². The summed E-state index contributed by atoms with van der Waals surface area (Å²) in [5, 5.41) is 20.7. The van der Waals surface area contributed by atoms with Gasteiger partial charge in [0.2, 0.25) is 0 Å². The van der Waals surface area contributed by atoms with E-state index in [1.165, 1.54) is 0 Å². The lowest BCUT2D eigenvalue weighted by Crippen LogP contribution is -2.35. The Hall–Kier alpha value is -0.420. The van der Waals surface area contributed by atoms with Gasteiger partial charge in [-0.25, -0.2) is 0 Å². The van der Waals surface area contributed by atoms with Crippen LogP contribution in [0.25, 0.3) is 0 Å². The molecule has 1 aromatic carbocycles. The first-order chi connectivity index (χ1) is 6.77. The fraction of sp³-hybridized carbons (Fsp3) is 0.400. The molecule has 0 aliphatic rings. The third kappa shape index (κ3) is 3.38. The molecule has 0 radical (unpaired) electrons. The summed E-state index contributed by atoms with van der Waals surface area (Å²) in [7, 11) is 0. The fourth-order valence-electron chi connectivity index (χ4n) is 1.08. The highest BCUT2D eigenvalue weighted by Gasteiger charge is 2.05. The molecule has 1 rings (SSSR count). The molecule has 0 fully saturated rings. The summed E-state index contributed by atoms with van der Waals surface area (Å²) >= 11 is 3.43. The molecule has 0 spiro atoms. The normalized spacial score (nSPS) is 10.9. The average molecular weight is 260 g/mol. The summed E-state index contributed by atoms with van der Waals surface area (Å²) in [6.07, 6.45) is 0. The number of hydrogen-bond donors (Lipinski definition) is 3. The van der Waals surface area contributed by atoms with Gasteiger partial charge in [-0.2, -0.15) is 0 Å². The SMILES string of the molecule is OCC(CO)NCc1ccccc1Br. The van der Waals surface area contributed by atoms with E-state index in [1.807, 2.05) is 24.3 Å². The fourth-order valence-corrected chi connectivity index (χ4v) is 1.51. The summed E-state index contributed by atoms with van der Waals surface area (Å²) in [4.78, 5) is 0. The zero-order valence-corrected chi connectivity index (χ0v) is 9.37. The van der Waals surface area contributed by atoms with Crippen LogP contribution in [0.15, 0.2) is 28.7 Å². The first-order valence-electron chi connectivity index (χ1n) is 4.46. The van der Waals surface area contributed by atoms with Gasteiger partial charge in [0, 0.05) is 11.0 Å². The molecule has 78 valence electrons. The van der Waals surface area contributed by atoms with E-state index in [0.29, 0.717) is 6.54 Å². The van der Waals surface area contributed by atoms with Gasteiger partial charge in [0.15, 0.2) is 0 Å². The van der Waals surface area contributed by atoms with E-state index >= 15 is 0 Å². The largest absolute Gasteiger partial charge is 0.395 e.